The Labute approximate surface area is 162 Å². The molecule has 0 atom stereocenters. The van der Waals surface area contributed by atoms with Gasteiger partial charge in [-0.3, -0.25) is 0 Å². The van der Waals surface area contributed by atoms with Crippen LogP contribution in [0.4, 0.5) is 5.82 Å². The number of anilines is 1. The lowest BCUT2D eigenvalue weighted by Crippen LogP contribution is -2.62. The van der Waals surface area contributed by atoms with E-state index >= 15 is 0 Å². The number of nitrogens with one attached hydrogen (secondary N) is 1. The minimum Gasteiger partial charge on any atom is -0.494 e. The standard InChI is InChI=1S/C19H27BN6O/c1-18(2)8-13(9-19(3,4)25-18)26(5)15-11-22-17(24-23-15)16-14(27-6)7-12(20)10-21-16/h7,10-11,13,25H,8-9H2,1-6H3. The summed E-state index contributed by atoms with van der Waals surface area (Å²) in [6, 6.07) is 2.05. The van der Waals surface area contributed by atoms with Crippen molar-refractivity contribution >= 4 is 19.1 Å². The molecule has 0 unspecified atom stereocenters. The Morgan fingerprint density at radius 2 is 1.78 bits per heavy atom. The molecule has 8 heteroatoms. The van der Waals surface area contributed by atoms with Crippen molar-refractivity contribution in [2.45, 2.75) is 57.7 Å². The van der Waals surface area contributed by atoms with Gasteiger partial charge >= 0.3 is 0 Å². The topological polar surface area (TPSA) is 76.1 Å². The van der Waals surface area contributed by atoms with E-state index in [4.69, 9.17) is 12.6 Å². The fourth-order valence-corrected chi connectivity index (χ4v) is 4.05. The van der Waals surface area contributed by atoms with Crippen LogP contribution in [0.1, 0.15) is 40.5 Å². The number of ether oxygens (including phenoxy) is 1. The van der Waals surface area contributed by atoms with Crippen LogP contribution in [0, 0.1) is 0 Å². The van der Waals surface area contributed by atoms with Crippen molar-refractivity contribution in [3.05, 3.63) is 18.5 Å². The monoisotopic (exact) mass is 366 g/mol. The molecule has 1 aliphatic heterocycles. The molecule has 1 saturated heterocycles. The molecular formula is C19H27BN6O. The summed E-state index contributed by atoms with van der Waals surface area (Å²) in [4.78, 5) is 10.9. The zero-order valence-corrected chi connectivity index (χ0v) is 16.9. The van der Waals surface area contributed by atoms with Crippen LogP contribution in [-0.2, 0) is 0 Å². The summed E-state index contributed by atoms with van der Waals surface area (Å²) in [5, 5.41) is 12.4. The number of hydrogen-bond donors (Lipinski definition) is 1. The third-order valence-corrected chi connectivity index (χ3v) is 4.93. The quantitative estimate of drug-likeness (QED) is 0.822. The Bertz CT molecular complexity index is 792. The van der Waals surface area contributed by atoms with Gasteiger partial charge in [-0.25, -0.2) is 9.97 Å². The molecule has 1 fully saturated rings. The van der Waals surface area contributed by atoms with Gasteiger partial charge in [-0.2, -0.15) is 0 Å². The lowest BCUT2D eigenvalue weighted by Gasteiger charge is -2.49. The van der Waals surface area contributed by atoms with Crippen molar-refractivity contribution in [2.75, 3.05) is 19.1 Å². The first kappa shape index (κ1) is 19.5. The molecule has 0 aromatic carbocycles. The molecule has 7 nitrogen and oxygen atoms in total. The number of methoxy groups -OCH3 is 1. The van der Waals surface area contributed by atoms with Gasteiger partial charge in [0.2, 0.25) is 5.82 Å². The van der Waals surface area contributed by atoms with E-state index in [-0.39, 0.29) is 11.1 Å². The van der Waals surface area contributed by atoms with Crippen molar-refractivity contribution < 1.29 is 4.74 Å². The summed E-state index contributed by atoms with van der Waals surface area (Å²) in [5.41, 5.74) is 1.17. The minimum atomic E-state index is 0.0583. The van der Waals surface area contributed by atoms with Crippen molar-refractivity contribution in [3.8, 4) is 17.3 Å². The fourth-order valence-electron chi connectivity index (χ4n) is 4.05. The van der Waals surface area contributed by atoms with Crippen molar-refractivity contribution in [1.29, 1.82) is 0 Å². The molecule has 0 aliphatic carbocycles. The average Bonchev–Trinajstić information content (AvgIpc) is 2.58. The highest BCUT2D eigenvalue weighted by molar-refractivity contribution is 6.32. The van der Waals surface area contributed by atoms with Gasteiger partial charge < -0.3 is 15.0 Å². The summed E-state index contributed by atoms with van der Waals surface area (Å²) in [5.74, 6) is 1.68. The average molecular weight is 366 g/mol. The van der Waals surface area contributed by atoms with E-state index in [1.807, 2.05) is 0 Å². The highest BCUT2D eigenvalue weighted by atomic mass is 16.5. The number of pyridine rings is 1. The Morgan fingerprint density at radius 3 is 2.33 bits per heavy atom. The van der Waals surface area contributed by atoms with Gasteiger partial charge in [-0.1, -0.05) is 5.46 Å². The first-order chi connectivity index (χ1) is 12.6. The molecule has 1 aliphatic rings. The van der Waals surface area contributed by atoms with Gasteiger partial charge in [0, 0.05) is 30.4 Å². The Morgan fingerprint density at radius 1 is 1.11 bits per heavy atom. The van der Waals surface area contributed by atoms with E-state index < -0.39 is 0 Å². The molecule has 3 heterocycles. The first-order valence-corrected chi connectivity index (χ1v) is 9.12. The summed E-state index contributed by atoms with van der Waals surface area (Å²) >= 11 is 0. The zero-order chi connectivity index (χ0) is 19.8. The molecule has 2 aromatic rings. The molecule has 1 N–H and O–H groups in total. The maximum atomic E-state index is 5.76. The highest BCUT2D eigenvalue weighted by Gasteiger charge is 2.39. The van der Waals surface area contributed by atoms with E-state index in [9.17, 15) is 0 Å². The predicted octanol–water partition coefficient (Wildman–Crippen LogP) is 1.48. The van der Waals surface area contributed by atoms with Crippen LogP contribution < -0.4 is 20.4 Å². The van der Waals surface area contributed by atoms with E-state index in [2.05, 4.69) is 65.1 Å². The molecule has 2 aromatic heterocycles. The van der Waals surface area contributed by atoms with Crippen LogP contribution in [-0.4, -0.2) is 59.3 Å². The Balaban J connectivity index is 1.83. The normalized spacial score (nSPS) is 18.9. The van der Waals surface area contributed by atoms with E-state index in [0.29, 0.717) is 28.8 Å². The van der Waals surface area contributed by atoms with E-state index in [1.54, 1.807) is 25.6 Å². The summed E-state index contributed by atoms with van der Waals surface area (Å²) in [6.07, 6.45) is 5.33. The number of piperidine rings is 1. The van der Waals surface area contributed by atoms with Crippen molar-refractivity contribution in [3.63, 3.8) is 0 Å². The van der Waals surface area contributed by atoms with Crippen molar-refractivity contribution in [1.82, 2.24) is 25.5 Å². The molecule has 2 radical (unpaired) electrons. The minimum absolute atomic E-state index is 0.0583. The van der Waals surface area contributed by atoms with Crippen LogP contribution in [0.15, 0.2) is 18.5 Å². The predicted molar refractivity (Wildman–Crippen MR) is 108 cm³/mol. The van der Waals surface area contributed by atoms with Crippen LogP contribution in [0.25, 0.3) is 11.5 Å². The van der Waals surface area contributed by atoms with Crippen LogP contribution >= 0.6 is 0 Å². The lowest BCUT2D eigenvalue weighted by molar-refractivity contribution is 0.160. The Hall–Kier alpha value is -2.22. The zero-order valence-electron chi connectivity index (χ0n) is 16.9. The summed E-state index contributed by atoms with van der Waals surface area (Å²) in [6.45, 7) is 8.95. The maximum absolute atomic E-state index is 5.76. The SMILES string of the molecule is [B]c1cnc(-c2ncc(N(C)C3CC(C)(C)NC(C)(C)C3)nn2)c(OC)c1. The van der Waals surface area contributed by atoms with Gasteiger partial charge in [-0.05, 0) is 46.6 Å². The fraction of sp³-hybridized carbons (Fsp3) is 0.579. The second-order valence-corrected chi connectivity index (χ2v) is 8.53. The summed E-state index contributed by atoms with van der Waals surface area (Å²) < 4.78 is 5.33. The van der Waals surface area contributed by atoms with Crippen LogP contribution in [0.3, 0.4) is 0 Å². The molecule has 27 heavy (non-hydrogen) atoms. The molecular weight excluding hydrogens is 339 g/mol. The molecule has 142 valence electrons. The third-order valence-electron chi connectivity index (χ3n) is 4.93. The van der Waals surface area contributed by atoms with Gasteiger partial charge in [0.25, 0.3) is 0 Å². The largest absolute Gasteiger partial charge is 0.494 e. The summed E-state index contributed by atoms with van der Waals surface area (Å²) in [7, 11) is 9.38. The molecule has 0 bridgehead atoms. The number of aromatic nitrogens is 4. The van der Waals surface area contributed by atoms with Gasteiger partial charge in [0.15, 0.2) is 11.5 Å². The van der Waals surface area contributed by atoms with Gasteiger partial charge in [-0.15, -0.1) is 10.2 Å². The Kier molecular flexibility index (Phi) is 5.12. The number of rotatable bonds is 4. The molecule has 0 saturated carbocycles. The smallest absolute Gasteiger partial charge is 0.204 e. The van der Waals surface area contributed by atoms with Gasteiger partial charge in [0.1, 0.15) is 13.6 Å². The van der Waals surface area contributed by atoms with E-state index in [1.165, 1.54) is 0 Å². The molecule has 3 rings (SSSR count). The number of hydrogen-bond acceptors (Lipinski definition) is 7. The third kappa shape index (κ3) is 4.38. The number of nitrogens with zero attached hydrogens (tertiary/aromatic N) is 5. The molecule has 0 amide bonds. The second kappa shape index (κ2) is 7.07. The van der Waals surface area contributed by atoms with Crippen molar-refractivity contribution in [2.24, 2.45) is 0 Å². The van der Waals surface area contributed by atoms with Crippen LogP contribution in [0.5, 0.6) is 5.75 Å². The lowest BCUT2D eigenvalue weighted by atomic mass is 9.79. The highest BCUT2D eigenvalue weighted by Crippen LogP contribution is 2.32. The maximum Gasteiger partial charge on any atom is 0.204 e. The second-order valence-electron chi connectivity index (χ2n) is 8.53. The van der Waals surface area contributed by atoms with E-state index in [0.717, 1.165) is 18.7 Å². The van der Waals surface area contributed by atoms with Gasteiger partial charge in [0.05, 0.1) is 13.3 Å². The molecule has 0 spiro atoms. The first-order valence-electron chi connectivity index (χ1n) is 9.12. The van der Waals surface area contributed by atoms with Crippen LogP contribution in [0.2, 0.25) is 0 Å².